The first-order chi connectivity index (χ1) is 8.84. The van der Waals surface area contributed by atoms with E-state index in [9.17, 15) is 0 Å². The van der Waals surface area contributed by atoms with Gasteiger partial charge in [-0.1, -0.05) is 11.6 Å². The highest BCUT2D eigenvalue weighted by atomic mass is 35.5. The van der Waals surface area contributed by atoms with Crippen molar-refractivity contribution in [3.05, 3.63) is 42.1 Å². The third kappa shape index (κ3) is 1.16. The van der Waals surface area contributed by atoms with Crippen molar-refractivity contribution in [2.75, 3.05) is 0 Å². The zero-order valence-electron chi connectivity index (χ0n) is 9.08. The van der Waals surface area contributed by atoms with Gasteiger partial charge in [-0.05, 0) is 6.07 Å². The molecule has 0 atom stereocenters. The molecule has 0 spiro atoms. The third-order valence-electron chi connectivity index (χ3n) is 2.89. The molecular formula is C12H6ClN5. The molecule has 0 fully saturated rings. The predicted octanol–water partition coefficient (Wildman–Crippen LogP) is 2.48. The van der Waals surface area contributed by atoms with Crippen LogP contribution in [0.2, 0.25) is 5.02 Å². The molecule has 0 N–H and O–H groups in total. The molecule has 0 aliphatic heterocycles. The van der Waals surface area contributed by atoms with Crippen LogP contribution in [0.3, 0.4) is 0 Å². The van der Waals surface area contributed by atoms with E-state index in [1.165, 1.54) is 0 Å². The fourth-order valence-electron chi connectivity index (χ4n) is 2.05. The van der Waals surface area contributed by atoms with Gasteiger partial charge in [0.1, 0.15) is 16.6 Å². The topological polar surface area (TPSA) is 56.0 Å². The van der Waals surface area contributed by atoms with Crippen LogP contribution in [0.1, 0.15) is 0 Å². The van der Waals surface area contributed by atoms with Crippen molar-refractivity contribution >= 4 is 39.1 Å². The van der Waals surface area contributed by atoms with E-state index >= 15 is 0 Å². The lowest BCUT2D eigenvalue weighted by molar-refractivity contribution is 0.964. The Labute approximate surface area is 106 Å². The first-order valence-electron chi connectivity index (χ1n) is 5.36. The van der Waals surface area contributed by atoms with Crippen LogP contribution in [0.15, 0.2) is 37.1 Å². The molecule has 6 heteroatoms. The quantitative estimate of drug-likeness (QED) is 0.484. The number of aromatic nitrogens is 5. The van der Waals surface area contributed by atoms with Gasteiger partial charge in [-0.25, -0.2) is 9.50 Å². The first-order valence-corrected chi connectivity index (χ1v) is 5.74. The van der Waals surface area contributed by atoms with E-state index in [-0.39, 0.29) is 0 Å². The van der Waals surface area contributed by atoms with Gasteiger partial charge in [0.15, 0.2) is 0 Å². The minimum atomic E-state index is 0.576. The van der Waals surface area contributed by atoms with Crippen molar-refractivity contribution in [2.45, 2.75) is 0 Å². The zero-order chi connectivity index (χ0) is 12.1. The van der Waals surface area contributed by atoms with Crippen LogP contribution in [-0.4, -0.2) is 24.6 Å². The molecule has 86 valence electrons. The molecule has 0 saturated carbocycles. The Bertz CT molecular complexity index is 899. The smallest absolute Gasteiger partial charge is 0.131 e. The number of hydrogen-bond donors (Lipinski definition) is 0. The molecule has 0 radical (unpaired) electrons. The monoisotopic (exact) mass is 255 g/mol. The van der Waals surface area contributed by atoms with Gasteiger partial charge in [0.2, 0.25) is 0 Å². The van der Waals surface area contributed by atoms with E-state index in [0.717, 1.165) is 21.9 Å². The number of rotatable bonds is 0. The molecule has 4 rings (SSSR count). The van der Waals surface area contributed by atoms with Crippen molar-refractivity contribution in [3.63, 3.8) is 0 Å². The second-order valence-corrected chi connectivity index (χ2v) is 4.30. The van der Waals surface area contributed by atoms with Crippen LogP contribution >= 0.6 is 11.6 Å². The summed E-state index contributed by atoms with van der Waals surface area (Å²) in [6.45, 7) is 0. The molecule has 4 aromatic heterocycles. The average Bonchev–Trinajstić information content (AvgIpc) is 2.79. The summed E-state index contributed by atoms with van der Waals surface area (Å²) in [7, 11) is 0. The van der Waals surface area contributed by atoms with Crippen molar-refractivity contribution < 1.29 is 0 Å². The van der Waals surface area contributed by atoms with Gasteiger partial charge in [0.25, 0.3) is 0 Å². The molecule has 4 aromatic rings. The van der Waals surface area contributed by atoms with E-state index in [1.807, 2.05) is 6.07 Å². The van der Waals surface area contributed by atoms with Crippen LogP contribution in [0.5, 0.6) is 0 Å². The summed E-state index contributed by atoms with van der Waals surface area (Å²) in [5, 5.41) is 5.80. The molecule has 0 aromatic carbocycles. The van der Waals surface area contributed by atoms with Gasteiger partial charge in [-0.2, -0.15) is 5.10 Å². The van der Waals surface area contributed by atoms with Crippen LogP contribution in [0.4, 0.5) is 0 Å². The Balaban J connectivity index is 2.33. The van der Waals surface area contributed by atoms with Crippen molar-refractivity contribution in [1.29, 1.82) is 0 Å². The van der Waals surface area contributed by atoms with E-state index in [1.54, 1.807) is 35.5 Å². The van der Waals surface area contributed by atoms with E-state index in [0.29, 0.717) is 10.5 Å². The highest BCUT2D eigenvalue weighted by Crippen LogP contribution is 2.30. The fraction of sp³-hybridized carbons (Fsp3) is 0. The molecule has 18 heavy (non-hydrogen) atoms. The van der Waals surface area contributed by atoms with Gasteiger partial charge < -0.3 is 0 Å². The Kier molecular flexibility index (Phi) is 1.82. The Morgan fingerprint density at radius 3 is 2.89 bits per heavy atom. The largest absolute Gasteiger partial charge is 0.264 e. The summed E-state index contributed by atoms with van der Waals surface area (Å²) < 4.78 is 1.73. The number of halogens is 1. The SMILES string of the molecule is Clc1c2cnccc2nc2c1nn1ccncc21. The highest BCUT2D eigenvalue weighted by molar-refractivity contribution is 6.40. The molecule has 0 bridgehead atoms. The summed E-state index contributed by atoms with van der Waals surface area (Å²) in [6, 6.07) is 1.83. The minimum Gasteiger partial charge on any atom is -0.264 e. The van der Waals surface area contributed by atoms with Gasteiger partial charge in [0.05, 0.1) is 16.7 Å². The molecule has 0 unspecified atom stereocenters. The molecule has 0 amide bonds. The number of hydrogen-bond acceptors (Lipinski definition) is 4. The Morgan fingerprint density at radius 2 is 1.94 bits per heavy atom. The molecular weight excluding hydrogens is 250 g/mol. The maximum atomic E-state index is 6.37. The lowest BCUT2D eigenvalue weighted by Gasteiger charge is -1.99. The van der Waals surface area contributed by atoms with Crippen LogP contribution in [0.25, 0.3) is 27.5 Å². The maximum Gasteiger partial charge on any atom is 0.131 e. The van der Waals surface area contributed by atoms with E-state index in [2.05, 4.69) is 20.1 Å². The summed E-state index contributed by atoms with van der Waals surface area (Å²) in [5.74, 6) is 0. The Hall–Kier alpha value is -2.27. The molecule has 0 saturated heterocycles. The second-order valence-electron chi connectivity index (χ2n) is 3.92. The molecule has 5 nitrogen and oxygen atoms in total. The van der Waals surface area contributed by atoms with Gasteiger partial charge >= 0.3 is 0 Å². The zero-order valence-corrected chi connectivity index (χ0v) is 9.83. The number of fused-ring (bicyclic) bond motifs is 4. The number of nitrogens with zero attached hydrogens (tertiary/aromatic N) is 5. The maximum absolute atomic E-state index is 6.37. The Morgan fingerprint density at radius 1 is 1.06 bits per heavy atom. The second kappa shape index (κ2) is 3.36. The fourth-order valence-corrected chi connectivity index (χ4v) is 2.32. The summed E-state index contributed by atoms with van der Waals surface area (Å²) in [6.07, 6.45) is 8.57. The average molecular weight is 256 g/mol. The summed E-state index contributed by atoms with van der Waals surface area (Å²) >= 11 is 6.37. The first kappa shape index (κ1) is 9.73. The summed E-state index contributed by atoms with van der Waals surface area (Å²) in [5.41, 5.74) is 3.08. The van der Waals surface area contributed by atoms with Crippen molar-refractivity contribution in [2.24, 2.45) is 0 Å². The van der Waals surface area contributed by atoms with Crippen molar-refractivity contribution in [3.8, 4) is 0 Å². The standard InChI is InChI=1S/C12H6ClN5/c13-10-7-5-14-2-1-8(7)16-11-9-6-15-3-4-18(9)17-12(10)11/h1-6H. The van der Waals surface area contributed by atoms with Crippen molar-refractivity contribution in [1.82, 2.24) is 24.6 Å². The lowest BCUT2D eigenvalue weighted by atomic mass is 10.2. The molecule has 4 heterocycles. The minimum absolute atomic E-state index is 0.576. The van der Waals surface area contributed by atoms with Gasteiger partial charge in [0, 0.05) is 30.2 Å². The van der Waals surface area contributed by atoms with Crippen LogP contribution in [0, 0.1) is 0 Å². The molecule has 0 aliphatic carbocycles. The number of pyridine rings is 2. The van der Waals surface area contributed by atoms with Crippen LogP contribution in [-0.2, 0) is 0 Å². The predicted molar refractivity (Wildman–Crippen MR) is 68.6 cm³/mol. The highest BCUT2D eigenvalue weighted by Gasteiger charge is 2.13. The summed E-state index contributed by atoms with van der Waals surface area (Å²) in [4.78, 5) is 12.7. The van der Waals surface area contributed by atoms with Crippen LogP contribution < -0.4 is 0 Å². The lowest BCUT2D eigenvalue weighted by Crippen LogP contribution is -1.85. The third-order valence-corrected chi connectivity index (χ3v) is 3.27. The van der Waals surface area contributed by atoms with Gasteiger partial charge in [-0.3, -0.25) is 9.97 Å². The van der Waals surface area contributed by atoms with Gasteiger partial charge in [-0.15, -0.1) is 0 Å². The van der Waals surface area contributed by atoms with E-state index < -0.39 is 0 Å². The van der Waals surface area contributed by atoms with E-state index in [4.69, 9.17) is 11.6 Å². The molecule has 0 aliphatic rings. The normalized spacial score (nSPS) is 11.6.